The molecule has 0 unspecified atom stereocenters. The van der Waals surface area contributed by atoms with E-state index in [0.29, 0.717) is 0 Å². The predicted octanol–water partition coefficient (Wildman–Crippen LogP) is 32.7. The summed E-state index contributed by atoms with van der Waals surface area (Å²) in [4.78, 5) is 0. The molecule has 19 heteroatoms. The maximum atomic E-state index is 5.57. The number of terminal acetylenes is 1. The predicted molar refractivity (Wildman–Crippen MR) is 622 cm³/mol. The van der Waals surface area contributed by atoms with Crippen LogP contribution in [0.5, 0.6) is 5.75 Å². The second kappa shape index (κ2) is 64.9. The summed E-state index contributed by atoms with van der Waals surface area (Å²) >= 11 is 27.9. The molecule has 0 atom stereocenters. The van der Waals surface area contributed by atoms with Gasteiger partial charge in [0, 0.05) is 88.7 Å². The van der Waals surface area contributed by atoms with Crippen LogP contribution in [0.4, 0.5) is 11.4 Å². The number of nitrogen functional groups attached to an aromatic ring is 2. The molecule has 3 heterocycles. The third-order valence-corrected chi connectivity index (χ3v) is 25.1. The number of nitrogens with two attached hydrogens (primary N) is 2. The number of nitrogens with zero attached hydrogens (tertiary/aromatic N) is 3. The molecule has 15 aromatic carbocycles. The van der Waals surface area contributed by atoms with Gasteiger partial charge in [0.15, 0.2) is 0 Å². The molecule has 0 saturated heterocycles. The zero-order valence-corrected chi connectivity index (χ0v) is 97.5. The average molecular weight is 2450 g/mol. The minimum atomic E-state index is -1.38. The number of rotatable bonds is 15. The largest absolute Gasteiger partial charge is 1.00 e. The third kappa shape index (κ3) is 40.2. The van der Waals surface area contributed by atoms with E-state index in [4.69, 9.17) is 22.6 Å². The second-order valence-electron chi connectivity index (χ2n) is 32.8. The van der Waals surface area contributed by atoms with Gasteiger partial charge in [-0.1, -0.05) is 358 Å². The van der Waals surface area contributed by atoms with E-state index in [0.717, 1.165) is 119 Å². The van der Waals surface area contributed by atoms with Crippen molar-refractivity contribution in [2.45, 2.75) is 66.1 Å². The molecule has 0 amide bonds. The number of hydrogen-bond acceptors (Lipinski definition) is 4. The molecule has 0 aliphatic rings. The van der Waals surface area contributed by atoms with E-state index in [2.05, 4.69) is 513 Å². The zero-order chi connectivity index (χ0) is 101. The first-order valence-electron chi connectivity index (χ1n) is 45.4. The fourth-order valence-corrected chi connectivity index (χ4v) is 16.0. The van der Waals surface area contributed by atoms with Crippen molar-refractivity contribution in [3.8, 4) is 162 Å². The summed E-state index contributed by atoms with van der Waals surface area (Å²) in [6.07, 6.45) is 10.5. The van der Waals surface area contributed by atoms with Crippen molar-refractivity contribution in [2.75, 3.05) is 18.1 Å². The number of ether oxygens (including phenoxy) is 1. The van der Waals surface area contributed by atoms with Gasteiger partial charge in [-0.2, -0.15) is 0 Å². The standard InChI is InChI=1S/C27H25NSi.C24H17N.C23H17Br2N.2C16H8Br2.C12H19NO.C7H9N.2ClH.2Cu.K.H2O/c1-29(2,3)21-20-22-14-16-25(17-15-22)28-26(23-10-6-4-7-11-23)18-19-27(28)24-12-8-5-9-13-24;1-2-19-13-15-22(16-14-19)25-23(20-9-5-3-6-10-20)17-18-24(25)21-11-7-4-8-12-21;1-16-2-12-21(13-3-16)26-22(17-4-8-19(24)9-5-17)14-15-23(26)18-6-10-20(25)11-7-18;2*17-15-9-5-13(6-10-15)3-1-2-4-14-7-11-16(18)12-8-14;1-2-3-4-5-10-14-12-8-6-11(13)7-9-12;1-6-2-4-7(8)5-3-6;;;;;;/h4-19H,1-3H3;1,3-18H;2-15H,1H3;2*5-12H;6-9H,2-5,10,13H2,1H3;2-5H,8H2,1H3;2*1H;;;;1H2/q;;;;;;;;;3*+1;/p-3. The van der Waals surface area contributed by atoms with E-state index >= 15 is 0 Å². The normalized spacial score (nSPS) is 9.76. The molecule has 18 rings (SSSR count). The van der Waals surface area contributed by atoms with Gasteiger partial charge in [0.2, 0.25) is 0 Å². The number of aromatic nitrogens is 3. The third-order valence-electron chi connectivity index (χ3n) is 21.0. The second-order valence-corrected chi connectivity index (χ2v) is 43.0. The van der Waals surface area contributed by atoms with Crippen LogP contribution < -0.4 is 67.6 Å². The maximum Gasteiger partial charge on any atom is 1.00 e. The van der Waals surface area contributed by atoms with Gasteiger partial charge >= 0.3 is 102 Å². The molecule has 18 aromatic rings. The van der Waals surface area contributed by atoms with E-state index in [9.17, 15) is 0 Å². The molecule has 724 valence electrons. The average Bonchev–Trinajstić information content (AvgIpc) is 1.64. The Labute approximate surface area is 970 Å². The van der Waals surface area contributed by atoms with Crippen LogP contribution in [0.1, 0.15) is 77.1 Å². The van der Waals surface area contributed by atoms with Gasteiger partial charge in [-0.15, -0.1) is 12.0 Å². The summed E-state index contributed by atoms with van der Waals surface area (Å²) in [5.41, 5.74) is 42.0. The van der Waals surface area contributed by atoms with E-state index < -0.39 is 8.07 Å². The Kier molecular flexibility index (Phi) is 53.4. The van der Waals surface area contributed by atoms with E-state index in [1.807, 2.05) is 177 Å². The fraction of sp³-hybridized carbons (Fsp3) is 0.0880. The van der Waals surface area contributed by atoms with Crippen LogP contribution in [0.3, 0.4) is 0 Å². The first kappa shape index (κ1) is 118. The van der Waals surface area contributed by atoms with E-state index in [1.165, 1.54) is 86.5 Å². The monoisotopic (exact) mass is 2440 g/mol. The first-order chi connectivity index (χ1) is 69.1. The topological polar surface area (TPSA) is 106 Å². The van der Waals surface area contributed by atoms with Gasteiger partial charge in [0.25, 0.3) is 0 Å². The SMILES string of the molecule is Brc1ccc(C#CC#Cc2ccc(Br)cc2)cc1.Brc1ccc(C#CC#Cc2ccc(Br)cc2)cc1.C#Cc1ccc(-n2c(-c3ccccc3)ccc2-c2ccccc2)cc1.CCCCCCOc1ccc(N)cc1.C[Si](C)(C)C#Cc1ccc(-n2c(-c3ccccc3)ccc2-c2ccccc2)cc1.Cc1ccc(-n2c(-c3ccc(Br)cc3)ccc2-c2ccc(Br)cc2)cc1.Cc1ccc(N)cc1.[Cl][Cu].[Cl][Cu].[K+].[OH-]. The van der Waals surface area contributed by atoms with Crippen LogP contribution in [0.15, 0.2) is 451 Å². The number of unbranched alkanes of at least 4 members (excludes halogenated alkanes) is 3. The molecule has 0 fully saturated rings. The smallest absolute Gasteiger partial charge is 0.870 e. The van der Waals surface area contributed by atoms with Crippen molar-refractivity contribution in [2.24, 2.45) is 0 Å². The Morgan fingerprint density at radius 1 is 0.292 bits per heavy atom. The molecule has 0 bridgehead atoms. The van der Waals surface area contributed by atoms with Crippen molar-refractivity contribution in [1.29, 1.82) is 0 Å². The molecule has 5 N–H and O–H groups in total. The minimum Gasteiger partial charge on any atom is -0.870 e. The van der Waals surface area contributed by atoms with Gasteiger partial charge < -0.3 is 35.4 Å². The quantitative estimate of drug-likeness (QED) is 0.0461. The van der Waals surface area contributed by atoms with Crippen LogP contribution >= 0.6 is 116 Å². The zero-order valence-electron chi connectivity index (χ0n) is 80.5. The Bertz CT molecular complexity index is 6870. The van der Waals surface area contributed by atoms with Crippen LogP contribution in [-0.2, 0) is 30.2 Å². The minimum absolute atomic E-state index is 0. The summed E-state index contributed by atoms with van der Waals surface area (Å²) < 4.78 is 18.9. The molecule has 7 nitrogen and oxygen atoms in total. The van der Waals surface area contributed by atoms with Crippen LogP contribution in [0, 0.1) is 85.0 Å². The van der Waals surface area contributed by atoms with Crippen LogP contribution in [-0.4, -0.2) is 33.9 Å². The van der Waals surface area contributed by atoms with Gasteiger partial charge in [-0.25, -0.2) is 0 Å². The summed E-state index contributed by atoms with van der Waals surface area (Å²) in [6, 6.07) is 144. The molecule has 0 aliphatic carbocycles. The molecule has 144 heavy (non-hydrogen) atoms. The number of aryl methyl sites for hydroxylation is 2. The van der Waals surface area contributed by atoms with Crippen molar-refractivity contribution >= 4 is 135 Å². The Morgan fingerprint density at radius 3 is 0.778 bits per heavy atom. The summed E-state index contributed by atoms with van der Waals surface area (Å²) in [7, 11) is 7.02. The molecular formula is C125H104Br6Cl2Cu2KN5O2Si. The molecule has 0 aliphatic heterocycles. The summed E-state index contributed by atoms with van der Waals surface area (Å²) in [5.74, 6) is 30.3. The number of anilines is 2. The molecule has 0 saturated carbocycles. The first-order valence-corrected chi connectivity index (χ1v) is 56.2. The van der Waals surface area contributed by atoms with E-state index in [-0.39, 0.29) is 56.9 Å². The van der Waals surface area contributed by atoms with Crippen molar-refractivity contribution in [3.63, 3.8) is 0 Å². The van der Waals surface area contributed by atoms with Gasteiger partial charge in [0.1, 0.15) is 13.8 Å². The molecule has 0 spiro atoms. The van der Waals surface area contributed by atoms with E-state index in [1.54, 1.807) is 0 Å². The fourth-order valence-electron chi connectivity index (χ4n) is 13.9. The van der Waals surface area contributed by atoms with Crippen molar-refractivity contribution in [1.82, 2.24) is 13.7 Å². The number of hydrogen-bond donors (Lipinski definition) is 2. The Morgan fingerprint density at radius 2 is 0.521 bits per heavy atom. The van der Waals surface area contributed by atoms with Gasteiger partial charge in [-0.3, -0.25) is 0 Å². The number of benzene rings is 15. The number of halogens is 8. The molecular weight excluding hydrogens is 2350 g/mol. The Hall–Kier alpha value is -10.8. The molecule has 3 aromatic heterocycles. The Balaban J connectivity index is 0.000000208. The summed E-state index contributed by atoms with van der Waals surface area (Å²) in [5, 5.41) is 0. The van der Waals surface area contributed by atoms with Crippen LogP contribution in [0.25, 0.3) is 84.6 Å². The van der Waals surface area contributed by atoms with Crippen molar-refractivity contribution < 1.29 is 91.8 Å². The molecule has 0 radical (unpaired) electrons. The van der Waals surface area contributed by atoms with Gasteiger partial charge in [0.05, 0.1) is 40.8 Å². The van der Waals surface area contributed by atoms with Crippen LogP contribution in [0.2, 0.25) is 19.6 Å². The van der Waals surface area contributed by atoms with Crippen molar-refractivity contribution in [3.05, 3.63) is 496 Å². The summed E-state index contributed by atoms with van der Waals surface area (Å²) in [6.45, 7) is 14.0. The van der Waals surface area contributed by atoms with Gasteiger partial charge in [-0.05, 0) is 332 Å². The maximum absolute atomic E-state index is 5.57.